The number of carbonyl (C=O) groups is 1. The largest absolute Gasteiger partial charge is 0.456 e. The molecule has 1 aliphatic heterocycles. The Morgan fingerprint density at radius 3 is 2.86 bits per heavy atom. The minimum Gasteiger partial charge on any atom is -0.456 e. The molecule has 1 amide bonds. The Bertz CT molecular complexity index is 885. The molecule has 0 unspecified atom stereocenters. The van der Waals surface area contributed by atoms with Crippen LogP contribution in [0.15, 0.2) is 59.7 Å². The number of anilines is 1. The number of piperidine rings is 1. The first-order valence-corrected chi connectivity index (χ1v) is 10.3. The van der Waals surface area contributed by atoms with Crippen molar-refractivity contribution in [3.8, 4) is 11.5 Å². The number of hydrogen-bond acceptors (Lipinski definition) is 6. The van der Waals surface area contributed by atoms with Crippen molar-refractivity contribution >= 4 is 22.9 Å². The van der Waals surface area contributed by atoms with Crippen molar-refractivity contribution in [2.45, 2.75) is 31.8 Å². The van der Waals surface area contributed by atoms with E-state index in [9.17, 15) is 4.79 Å². The first-order chi connectivity index (χ1) is 13.8. The molecule has 6 nitrogen and oxygen atoms in total. The summed E-state index contributed by atoms with van der Waals surface area (Å²) in [5, 5.41) is 5.09. The molecule has 0 aliphatic carbocycles. The number of nitrogens with one attached hydrogen (secondary N) is 1. The number of hydrogen-bond donors (Lipinski definition) is 1. The maximum absolute atomic E-state index is 12.9. The maximum atomic E-state index is 12.9. The van der Waals surface area contributed by atoms with Gasteiger partial charge in [-0.1, -0.05) is 6.42 Å². The Morgan fingerprint density at radius 1 is 1.21 bits per heavy atom. The van der Waals surface area contributed by atoms with Crippen LogP contribution in [0.1, 0.15) is 25.0 Å². The van der Waals surface area contributed by atoms with Crippen LogP contribution in [0.4, 0.5) is 5.69 Å². The van der Waals surface area contributed by atoms with E-state index in [4.69, 9.17) is 4.74 Å². The number of ether oxygens (including phenoxy) is 1. The Kier molecular flexibility index (Phi) is 5.94. The highest BCUT2D eigenvalue weighted by atomic mass is 32.1. The number of pyridine rings is 1. The fourth-order valence-corrected chi connectivity index (χ4v) is 3.93. The van der Waals surface area contributed by atoms with E-state index in [1.54, 1.807) is 23.7 Å². The number of aromatic nitrogens is 2. The van der Waals surface area contributed by atoms with Gasteiger partial charge in [0.05, 0.1) is 23.4 Å². The van der Waals surface area contributed by atoms with Gasteiger partial charge in [-0.3, -0.25) is 14.7 Å². The molecule has 1 N–H and O–H groups in total. The quantitative estimate of drug-likeness (QED) is 0.674. The fourth-order valence-electron chi connectivity index (χ4n) is 3.38. The molecule has 3 aromatic rings. The number of benzene rings is 1. The standard InChI is InChI=1S/C21H22N4O2S/c26-21(20-5-1-2-11-25(20)13-17-14-28-15-23-17)24-16-6-8-18(9-7-16)27-19-4-3-10-22-12-19/h3-4,6-10,12,14-15,20H,1-2,5,11,13H2,(H,24,26)/t20-/m1/s1. The Labute approximate surface area is 168 Å². The molecule has 1 aromatic carbocycles. The second-order valence-electron chi connectivity index (χ2n) is 6.77. The summed E-state index contributed by atoms with van der Waals surface area (Å²) in [4.78, 5) is 23.5. The van der Waals surface area contributed by atoms with Crippen LogP contribution in [-0.2, 0) is 11.3 Å². The molecule has 1 fully saturated rings. The lowest BCUT2D eigenvalue weighted by Gasteiger charge is -2.34. The van der Waals surface area contributed by atoms with Gasteiger partial charge in [-0.05, 0) is 55.8 Å². The summed E-state index contributed by atoms with van der Waals surface area (Å²) < 4.78 is 5.74. The lowest BCUT2D eigenvalue weighted by Crippen LogP contribution is -2.46. The Balaban J connectivity index is 1.37. The van der Waals surface area contributed by atoms with Crippen LogP contribution >= 0.6 is 11.3 Å². The van der Waals surface area contributed by atoms with Gasteiger partial charge in [0.2, 0.25) is 5.91 Å². The highest BCUT2D eigenvalue weighted by Crippen LogP contribution is 2.24. The third-order valence-electron chi connectivity index (χ3n) is 4.76. The number of rotatable bonds is 6. The van der Waals surface area contributed by atoms with Crippen molar-refractivity contribution < 1.29 is 9.53 Å². The minimum atomic E-state index is -0.123. The van der Waals surface area contributed by atoms with Gasteiger partial charge < -0.3 is 10.1 Å². The van der Waals surface area contributed by atoms with Crippen LogP contribution in [0, 0.1) is 0 Å². The first kappa shape index (κ1) is 18.6. The van der Waals surface area contributed by atoms with E-state index in [1.807, 2.05) is 47.3 Å². The van der Waals surface area contributed by atoms with Gasteiger partial charge in [0, 0.05) is 23.8 Å². The SMILES string of the molecule is O=C(Nc1ccc(Oc2cccnc2)cc1)[C@H]1CCCCN1Cc1cscn1. The van der Waals surface area contributed by atoms with Crippen molar-refractivity contribution in [3.63, 3.8) is 0 Å². The zero-order valence-corrected chi connectivity index (χ0v) is 16.3. The average molecular weight is 395 g/mol. The number of amides is 1. The summed E-state index contributed by atoms with van der Waals surface area (Å²) in [5.41, 5.74) is 3.63. The fraction of sp³-hybridized carbons (Fsp3) is 0.286. The molecule has 28 heavy (non-hydrogen) atoms. The number of thiazole rings is 1. The molecule has 1 saturated heterocycles. The van der Waals surface area contributed by atoms with E-state index in [1.165, 1.54) is 0 Å². The smallest absolute Gasteiger partial charge is 0.241 e. The second kappa shape index (κ2) is 8.95. The molecule has 0 saturated carbocycles. The maximum Gasteiger partial charge on any atom is 0.241 e. The number of carbonyl (C=O) groups excluding carboxylic acids is 1. The summed E-state index contributed by atoms with van der Waals surface area (Å²) >= 11 is 1.59. The van der Waals surface area contributed by atoms with Gasteiger partial charge in [-0.25, -0.2) is 4.98 Å². The lowest BCUT2D eigenvalue weighted by atomic mass is 10.0. The Morgan fingerprint density at radius 2 is 2.11 bits per heavy atom. The summed E-state index contributed by atoms with van der Waals surface area (Å²) in [6.45, 7) is 1.65. The van der Waals surface area contributed by atoms with E-state index < -0.39 is 0 Å². The first-order valence-electron chi connectivity index (χ1n) is 9.38. The predicted molar refractivity (Wildman–Crippen MR) is 110 cm³/mol. The van der Waals surface area contributed by atoms with Crippen LogP contribution < -0.4 is 10.1 Å². The van der Waals surface area contributed by atoms with Gasteiger partial charge in [0.15, 0.2) is 0 Å². The predicted octanol–water partition coefficient (Wildman–Crippen LogP) is 4.32. The molecule has 144 valence electrons. The minimum absolute atomic E-state index is 0.0378. The van der Waals surface area contributed by atoms with Crippen molar-refractivity contribution in [2.75, 3.05) is 11.9 Å². The van der Waals surface area contributed by atoms with Gasteiger partial charge in [-0.2, -0.15) is 0 Å². The third-order valence-corrected chi connectivity index (χ3v) is 5.39. The van der Waals surface area contributed by atoms with E-state index >= 15 is 0 Å². The van der Waals surface area contributed by atoms with Crippen LogP contribution in [0.3, 0.4) is 0 Å². The highest BCUT2D eigenvalue weighted by molar-refractivity contribution is 7.07. The second-order valence-corrected chi connectivity index (χ2v) is 7.48. The van der Waals surface area contributed by atoms with Gasteiger partial charge in [-0.15, -0.1) is 11.3 Å². The molecule has 2 aromatic heterocycles. The van der Waals surface area contributed by atoms with E-state index in [0.717, 1.165) is 43.7 Å². The summed E-state index contributed by atoms with van der Waals surface area (Å²) in [6.07, 6.45) is 6.43. The molecular weight excluding hydrogens is 372 g/mol. The molecule has 4 rings (SSSR count). The molecule has 7 heteroatoms. The third kappa shape index (κ3) is 4.74. The topological polar surface area (TPSA) is 67.3 Å². The van der Waals surface area contributed by atoms with E-state index in [0.29, 0.717) is 11.5 Å². The normalized spacial score (nSPS) is 17.2. The van der Waals surface area contributed by atoms with Gasteiger partial charge >= 0.3 is 0 Å². The Hall–Kier alpha value is -2.77. The van der Waals surface area contributed by atoms with Crippen molar-refractivity contribution in [3.05, 3.63) is 65.4 Å². The molecule has 0 spiro atoms. The van der Waals surface area contributed by atoms with Crippen LogP contribution in [-0.4, -0.2) is 33.4 Å². The lowest BCUT2D eigenvalue weighted by molar-refractivity contribution is -0.122. The van der Waals surface area contributed by atoms with Gasteiger partial charge in [0.25, 0.3) is 0 Å². The van der Waals surface area contributed by atoms with Gasteiger partial charge in [0.1, 0.15) is 11.5 Å². The summed E-state index contributed by atoms with van der Waals surface area (Å²) in [7, 11) is 0. The molecule has 3 heterocycles. The van der Waals surface area contributed by atoms with Crippen LogP contribution in [0.5, 0.6) is 11.5 Å². The van der Waals surface area contributed by atoms with E-state index in [2.05, 4.69) is 20.2 Å². The molecule has 0 radical (unpaired) electrons. The van der Waals surface area contributed by atoms with Crippen molar-refractivity contribution in [1.82, 2.24) is 14.9 Å². The molecular formula is C21H22N4O2S. The van der Waals surface area contributed by atoms with E-state index in [-0.39, 0.29) is 11.9 Å². The highest BCUT2D eigenvalue weighted by Gasteiger charge is 2.29. The molecule has 0 bridgehead atoms. The zero-order chi connectivity index (χ0) is 19.2. The molecule has 1 atom stereocenters. The van der Waals surface area contributed by atoms with Crippen molar-refractivity contribution in [1.29, 1.82) is 0 Å². The molecule has 1 aliphatic rings. The number of likely N-dealkylation sites (tertiary alicyclic amines) is 1. The number of nitrogens with zero attached hydrogens (tertiary/aromatic N) is 3. The zero-order valence-electron chi connectivity index (χ0n) is 15.5. The summed E-state index contributed by atoms with van der Waals surface area (Å²) in [6, 6.07) is 11.0. The van der Waals surface area contributed by atoms with Crippen LogP contribution in [0.25, 0.3) is 0 Å². The summed E-state index contributed by atoms with van der Waals surface area (Å²) in [5.74, 6) is 1.42. The van der Waals surface area contributed by atoms with Crippen LogP contribution in [0.2, 0.25) is 0 Å². The average Bonchev–Trinajstić information content (AvgIpc) is 3.24. The monoisotopic (exact) mass is 394 g/mol. The van der Waals surface area contributed by atoms with Crippen molar-refractivity contribution in [2.24, 2.45) is 0 Å².